The molecule has 0 fully saturated rings. The van der Waals surface area contributed by atoms with Crippen molar-refractivity contribution in [1.82, 2.24) is 18.9 Å². The summed E-state index contributed by atoms with van der Waals surface area (Å²) in [5, 5.41) is 23.3. The molecule has 2 heterocycles. The van der Waals surface area contributed by atoms with Crippen LogP contribution < -0.4 is 19.7 Å². The number of fused-ring (bicyclic) bond motifs is 2. The van der Waals surface area contributed by atoms with Gasteiger partial charge in [0.05, 0.1) is 50.0 Å². The zero-order valence-electron chi connectivity index (χ0n) is 39.0. The molecule has 0 saturated carbocycles. The smallest absolute Gasteiger partial charge is 0.546 e. The van der Waals surface area contributed by atoms with Crippen LogP contribution in [0.1, 0.15) is 43.2 Å². The largest absolute Gasteiger partial charge is 2.00 e. The van der Waals surface area contributed by atoms with E-state index in [-0.39, 0.29) is 44.1 Å². The van der Waals surface area contributed by atoms with E-state index in [0.29, 0.717) is 77.0 Å². The van der Waals surface area contributed by atoms with Crippen LogP contribution in [0.2, 0.25) is 10.0 Å². The summed E-state index contributed by atoms with van der Waals surface area (Å²) in [5.74, 6) is -3.92. The van der Waals surface area contributed by atoms with Gasteiger partial charge in [-0.25, -0.2) is 0 Å². The van der Waals surface area contributed by atoms with E-state index in [1.807, 2.05) is 0 Å². The van der Waals surface area contributed by atoms with Crippen molar-refractivity contribution in [3.05, 3.63) is 129 Å². The first-order valence-corrected chi connectivity index (χ1v) is 20.8. The van der Waals surface area contributed by atoms with Crippen LogP contribution in [0.25, 0.3) is 21.8 Å². The van der Waals surface area contributed by atoms with Crippen LogP contribution in [0.15, 0.2) is 84.9 Å². The van der Waals surface area contributed by atoms with E-state index in [9.17, 15) is 48.6 Å². The molecule has 18 nitrogen and oxygen atoms in total. The number of halogens is 2. The Balaban J connectivity index is 0.000000391. The molecule has 0 bridgehead atoms. The van der Waals surface area contributed by atoms with Crippen LogP contribution in [0, 0.1) is 13.8 Å². The topological polar surface area (TPSA) is 236 Å². The quantitative estimate of drug-likeness (QED) is 0.0861. The van der Waals surface area contributed by atoms with Gasteiger partial charge in [0.25, 0.3) is 11.8 Å². The number of methoxy groups -OCH3 is 2. The standard InChI is InChI=1S/2C21H18ClNO6.2C3H7NO.Zn/c2*1-12-16(10-20(26)29-11-19(24)25)17-9-15(28-2)7-8-18(17)23(12)21(27)13-3-5-14(22)6-4-13;2*1-4(2)3-5;/h2*3-9H,10-11H2,1-2H3,(H,24,25);2*3H,1-2H3;/q;;;;+2/p-2. The number of nitrogens with zero attached hydrogens (tertiary/aromatic N) is 4. The summed E-state index contributed by atoms with van der Waals surface area (Å²) in [6, 6.07) is 23.3. The maximum atomic E-state index is 13.1. The monoisotopic (exact) mass is 1040 g/mol. The van der Waals surface area contributed by atoms with E-state index >= 15 is 0 Å². The van der Waals surface area contributed by atoms with Crippen LogP contribution in [-0.2, 0) is 70.6 Å². The molecular weight excluding hydrogens is 993 g/mol. The third-order valence-corrected chi connectivity index (χ3v) is 9.94. The normalized spacial score (nSPS) is 10.0. The molecule has 2 aromatic heterocycles. The van der Waals surface area contributed by atoms with Crippen molar-refractivity contribution in [3.63, 3.8) is 0 Å². The van der Waals surface area contributed by atoms with Gasteiger partial charge in [-0.2, -0.15) is 0 Å². The second-order valence-electron chi connectivity index (χ2n) is 14.7. The van der Waals surface area contributed by atoms with Crippen LogP contribution in [0.4, 0.5) is 0 Å². The molecule has 0 N–H and O–H groups in total. The molecule has 0 unspecified atom stereocenters. The molecule has 0 saturated heterocycles. The third-order valence-electron chi connectivity index (χ3n) is 9.44. The second kappa shape index (κ2) is 27.7. The first-order valence-electron chi connectivity index (χ1n) is 20.1. The Hall–Kier alpha value is -7.08. The Kier molecular flexibility index (Phi) is 23.3. The first-order chi connectivity index (χ1) is 32.2. The fourth-order valence-electron chi connectivity index (χ4n) is 6.26. The Morgan fingerprint density at radius 2 is 0.870 bits per heavy atom. The SMILES string of the molecule is CN(C)C=O.CN(C)C=O.COc1ccc2c(c1)c(CC(=O)OCC(=O)[O-])c(C)n2C(=O)c1ccc(Cl)cc1.COc1ccc2c(c1)c(CC(=O)OCC(=O)[O-])c(C)n2C(=O)c1ccc(Cl)cc1.[Zn+2]. The molecule has 360 valence electrons. The molecular formula is C48H48Cl2N4O14Zn. The van der Waals surface area contributed by atoms with Crippen LogP contribution in [0.5, 0.6) is 11.5 Å². The summed E-state index contributed by atoms with van der Waals surface area (Å²) < 4.78 is 22.9. The van der Waals surface area contributed by atoms with Gasteiger partial charge in [-0.3, -0.25) is 37.9 Å². The van der Waals surface area contributed by atoms with E-state index in [0.717, 1.165) is 12.8 Å². The van der Waals surface area contributed by atoms with Gasteiger partial charge in [0.1, 0.15) is 24.7 Å². The summed E-state index contributed by atoms with van der Waals surface area (Å²) in [6.07, 6.45) is 1.09. The van der Waals surface area contributed by atoms with Crippen molar-refractivity contribution in [2.75, 3.05) is 55.6 Å². The minimum atomic E-state index is -1.49. The average Bonchev–Trinajstić information content (AvgIpc) is 3.74. The van der Waals surface area contributed by atoms with Gasteiger partial charge >= 0.3 is 31.4 Å². The van der Waals surface area contributed by atoms with E-state index in [2.05, 4.69) is 0 Å². The van der Waals surface area contributed by atoms with Crippen LogP contribution in [-0.4, -0.2) is 123 Å². The minimum Gasteiger partial charge on any atom is -0.546 e. The summed E-state index contributed by atoms with van der Waals surface area (Å²) >= 11 is 11.8. The Morgan fingerprint density at radius 1 is 0.565 bits per heavy atom. The number of aliphatic carboxylic acids is 2. The zero-order chi connectivity index (χ0) is 50.8. The van der Waals surface area contributed by atoms with Crippen molar-refractivity contribution >= 4 is 93.5 Å². The Labute approximate surface area is 419 Å². The Bertz CT molecular complexity index is 2600. The third kappa shape index (κ3) is 16.6. The van der Waals surface area contributed by atoms with Gasteiger partial charge in [0.15, 0.2) is 0 Å². The molecule has 6 aromatic rings. The molecule has 0 radical (unpaired) electrons. The van der Waals surface area contributed by atoms with Gasteiger partial charge in [0, 0.05) is 71.5 Å². The summed E-state index contributed by atoms with van der Waals surface area (Å²) in [5.41, 5.74) is 4.20. The van der Waals surface area contributed by atoms with Gasteiger partial charge in [-0.15, -0.1) is 0 Å². The fourth-order valence-corrected chi connectivity index (χ4v) is 6.51. The van der Waals surface area contributed by atoms with Gasteiger partial charge < -0.3 is 48.5 Å². The number of ether oxygens (including phenoxy) is 4. The predicted molar refractivity (Wildman–Crippen MR) is 248 cm³/mol. The van der Waals surface area contributed by atoms with Crippen molar-refractivity contribution in [2.45, 2.75) is 26.7 Å². The van der Waals surface area contributed by atoms with Gasteiger partial charge in [-0.1, -0.05) is 23.2 Å². The molecule has 21 heteroatoms. The van der Waals surface area contributed by atoms with Crippen molar-refractivity contribution in [3.8, 4) is 11.5 Å². The molecule has 0 spiro atoms. The number of amides is 2. The molecule has 2 amide bonds. The number of hydrogen-bond donors (Lipinski definition) is 0. The maximum absolute atomic E-state index is 13.1. The zero-order valence-corrected chi connectivity index (χ0v) is 43.5. The number of carboxylic acid groups (broad SMARTS) is 2. The van der Waals surface area contributed by atoms with Crippen LogP contribution >= 0.6 is 23.2 Å². The molecule has 0 aliphatic heterocycles. The minimum absolute atomic E-state index is 0. The molecule has 69 heavy (non-hydrogen) atoms. The average molecular weight is 1040 g/mol. The summed E-state index contributed by atoms with van der Waals surface area (Å²) in [6.45, 7) is 1.76. The number of esters is 2. The second-order valence-corrected chi connectivity index (χ2v) is 15.6. The van der Waals surface area contributed by atoms with Gasteiger partial charge in [-0.05, 0) is 110 Å². The molecule has 0 aliphatic rings. The number of rotatable bonds is 14. The van der Waals surface area contributed by atoms with E-state index < -0.39 is 37.1 Å². The molecule has 4 aromatic carbocycles. The number of hydrogen-bond acceptors (Lipinski definition) is 14. The van der Waals surface area contributed by atoms with E-state index in [1.165, 1.54) is 33.2 Å². The number of benzene rings is 4. The van der Waals surface area contributed by atoms with Crippen molar-refractivity contribution < 1.29 is 87.0 Å². The van der Waals surface area contributed by atoms with Crippen molar-refractivity contribution in [1.29, 1.82) is 0 Å². The molecule has 0 aliphatic carbocycles. The Morgan fingerprint density at radius 3 is 1.13 bits per heavy atom. The van der Waals surface area contributed by atoms with Crippen molar-refractivity contribution in [2.24, 2.45) is 0 Å². The molecule has 0 atom stereocenters. The summed E-state index contributed by atoms with van der Waals surface area (Å²) in [4.78, 5) is 93.3. The number of carbonyl (C=O) groups excluding carboxylic acids is 8. The molecule has 6 rings (SSSR count). The van der Waals surface area contributed by atoms with Crippen LogP contribution in [0.3, 0.4) is 0 Å². The maximum Gasteiger partial charge on any atom is 2.00 e. The first kappa shape index (κ1) is 58.0. The van der Waals surface area contributed by atoms with E-state index in [1.54, 1.807) is 127 Å². The number of carboxylic acids is 2. The number of aromatic nitrogens is 2. The van der Waals surface area contributed by atoms with E-state index in [4.69, 9.17) is 42.1 Å². The fraction of sp³-hybridized carbons (Fsp3) is 0.250. The predicted octanol–water partition coefficient (Wildman–Crippen LogP) is 3.68. The van der Waals surface area contributed by atoms with Gasteiger partial charge in [0.2, 0.25) is 12.8 Å². The number of carbonyl (C=O) groups is 8. The summed E-state index contributed by atoms with van der Waals surface area (Å²) in [7, 11) is 9.77.